The van der Waals surface area contributed by atoms with Gasteiger partial charge in [-0.25, -0.2) is 0 Å². The van der Waals surface area contributed by atoms with Gasteiger partial charge in [-0.1, -0.05) is 36.7 Å². The van der Waals surface area contributed by atoms with Gasteiger partial charge < -0.3 is 9.47 Å². The fourth-order valence-electron chi connectivity index (χ4n) is 12.2. The molecule has 1 aromatic carbocycles. The summed E-state index contributed by atoms with van der Waals surface area (Å²) in [7, 11) is 0. The maximum absolute atomic E-state index is 13.9. The zero-order chi connectivity index (χ0) is 29.2. The summed E-state index contributed by atoms with van der Waals surface area (Å²) in [5, 5.41) is 0.759. The monoisotopic (exact) mass is 638 g/mol. The molecule has 0 aromatic heterocycles. The van der Waals surface area contributed by atoms with Crippen molar-refractivity contribution >= 4 is 27.9 Å². The number of alkyl halides is 1. The van der Waals surface area contributed by atoms with Gasteiger partial charge in [0.05, 0.1) is 10.8 Å². The van der Waals surface area contributed by atoms with Gasteiger partial charge in [0.15, 0.2) is 0 Å². The van der Waals surface area contributed by atoms with Crippen molar-refractivity contribution in [1.82, 2.24) is 0 Å². The van der Waals surface area contributed by atoms with E-state index in [0.717, 1.165) is 98.6 Å². The third-order valence-electron chi connectivity index (χ3n) is 13.0. The van der Waals surface area contributed by atoms with Gasteiger partial charge in [0.1, 0.15) is 13.2 Å². The van der Waals surface area contributed by atoms with Gasteiger partial charge in [0.2, 0.25) is 0 Å². The third kappa shape index (κ3) is 4.81. The summed E-state index contributed by atoms with van der Waals surface area (Å²) < 4.78 is 12.7. The van der Waals surface area contributed by atoms with Crippen molar-refractivity contribution in [3.8, 4) is 0 Å². The summed E-state index contributed by atoms with van der Waals surface area (Å²) in [6.45, 7) is 7.32. The van der Waals surface area contributed by atoms with Gasteiger partial charge >= 0.3 is 11.9 Å². The van der Waals surface area contributed by atoms with Crippen LogP contribution in [0.2, 0.25) is 0 Å². The lowest BCUT2D eigenvalue weighted by atomic mass is 9.49. The Bertz CT molecular complexity index is 1090. The van der Waals surface area contributed by atoms with E-state index in [0.29, 0.717) is 13.2 Å². The Morgan fingerprint density at radius 1 is 0.548 bits per heavy atom. The number of rotatable bonds is 10. The molecule has 230 valence electrons. The van der Waals surface area contributed by atoms with E-state index >= 15 is 0 Å². The highest BCUT2D eigenvalue weighted by molar-refractivity contribution is 9.08. The van der Waals surface area contributed by atoms with Crippen LogP contribution in [-0.4, -0.2) is 11.9 Å². The van der Waals surface area contributed by atoms with E-state index in [1.54, 1.807) is 0 Å². The Hall–Kier alpha value is -1.36. The van der Waals surface area contributed by atoms with Crippen LogP contribution in [0.25, 0.3) is 0 Å². The smallest absolute Gasteiger partial charge is 0.312 e. The second-order valence-electron chi connectivity index (χ2n) is 15.6. The Morgan fingerprint density at radius 3 is 1.10 bits per heavy atom. The molecule has 42 heavy (non-hydrogen) atoms. The van der Waals surface area contributed by atoms with Gasteiger partial charge in [-0.05, 0) is 165 Å². The largest absolute Gasteiger partial charge is 0.460 e. The highest BCUT2D eigenvalue weighted by Gasteiger charge is 2.56. The molecule has 0 aliphatic heterocycles. The zero-order valence-corrected chi connectivity index (χ0v) is 27.8. The first-order chi connectivity index (χ1) is 20.3. The molecule has 4 nitrogen and oxygen atoms in total. The van der Waals surface area contributed by atoms with E-state index in [9.17, 15) is 9.59 Å². The number of ether oxygens (including phenoxy) is 2. The van der Waals surface area contributed by atoms with Gasteiger partial charge in [-0.3, -0.25) is 9.59 Å². The summed E-state index contributed by atoms with van der Waals surface area (Å²) in [5.74, 6) is 4.45. The minimum atomic E-state index is -0.245. The average Bonchev–Trinajstić information content (AvgIpc) is 2.96. The van der Waals surface area contributed by atoms with Crippen LogP contribution in [0.1, 0.15) is 131 Å². The molecule has 8 fully saturated rings. The van der Waals surface area contributed by atoms with Crippen LogP contribution in [0, 0.1) is 46.3 Å². The van der Waals surface area contributed by atoms with Crippen LogP contribution in [0.3, 0.4) is 0 Å². The molecule has 8 aliphatic rings. The molecular formula is C37H51BrO4. The molecule has 8 aliphatic carbocycles. The lowest BCUT2D eigenvalue weighted by Gasteiger charge is -2.55. The molecule has 0 amide bonds. The van der Waals surface area contributed by atoms with Crippen LogP contribution in [0.5, 0.6) is 0 Å². The van der Waals surface area contributed by atoms with Crippen molar-refractivity contribution in [3.05, 3.63) is 33.4 Å². The van der Waals surface area contributed by atoms with E-state index in [1.165, 1.54) is 71.9 Å². The summed E-state index contributed by atoms with van der Waals surface area (Å²) in [4.78, 5) is 27.7. The van der Waals surface area contributed by atoms with Gasteiger partial charge in [-0.15, -0.1) is 0 Å². The van der Waals surface area contributed by atoms with Crippen molar-refractivity contribution in [2.24, 2.45) is 46.3 Å². The standard InChI is InChI=1S/C37H51BrO4/c1-4-28-31(19-38)29(5-2)33(21-42-35(40)37-16-25-10-26(17-37)12-27(11-25)18-37)30(6-3)32(28)20-41-34(39)36-13-22-7-23(14-36)9-24(8-22)15-36/h22-27H,4-21H2,1-3H3. The van der Waals surface area contributed by atoms with Crippen molar-refractivity contribution in [1.29, 1.82) is 0 Å². The zero-order valence-electron chi connectivity index (χ0n) is 26.2. The SMILES string of the molecule is CCc1c(CBr)c(CC)c(COC(=O)C23CC4CC(CC(C4)C2)C3)c(CC)c1COC(=O)C12CC3CC(CC(C3)C1)C2. The summed E-state index contributed by atoms with van der Waals surface area (Å²) in [6, 6.07) is 0. The quantitative estimate of drug-likeness (QED) is 0.190. The van der Waals surface area contributed by atoms with Crippen LogP contribution in [-0.2, 0) is 56.9 Å². The van der Waals surface area contributed by atoms with E-state index < -0.39 is 0 Å². The van der Waals surface area contributed by atoms with Crippen LogP contribution < -0.4 is 0 Å². The normalized spacial score (nSPS) is 37.3. The number of halogens is 1. The number of benzene rings is 1. The highest BCUT2D eigenvalue weighted by atomic mass is 79.9. The van der Waals surface area contributed by atoms with Crippen molar-refractivity contribution < 1.29 is 19.1 Å². The van der Waals surface area contributed by atoms with E-state index in [4.69, 9.17) is 9.47 Å². The molecule has 0 atom stereocenters. The predicted molar refractivity (Wildman–Crippen MR) is 168 cm³/mol. The predicted octanol–water partition coefficient (Wildman–Crippen LogP) is 8.79. The number of hydrogen-bond donors (Lipinski definition) is 0. The fourth-order valence-corrected chi connectivity index (χ4v) is 12.9. The lowest BCUT2D eigenvalue weighted by Crippen LogP contribution is -2.50. The van der Waals surface area contributed by atoms with Crippen molar-refractivity contribution in [2.75, 3.05) is 0 Å². The molecule has 1 aromatic rings. The number of carbonyl (C=O) groups excluding carboxylic acids is 2. The second kappa shape index (κ2) is 11.2. The highest BCUT2D eigenvalue weighted by Crippen LogP contribution is 2.61. The van der Waals surface area contributed by atoms with E-state index in [-0.39, 0.29) is 22.8 Å². The van der Waals surface area contributed by atoms with Crippen LogP contribution in [0.15, 0.2) is 0 Å². The average molecular weight is 640 g/mol. The molecule has 0 unspecified atom stereocenters. The van der Waals surface area contributed by atoms with Gasteiger partial charge in [-0.2, -0.15) is 0 Å². The summed E-state index contributed by atoms with van der Waals surface area (Å²) in [5.41, 5.74) is 7.03. The third-order valence-corrected chi connectivity index (χ3v) is 13.6. The maximum Gasteiger partial charge on any atom is 0.312 e. The molecule has 0 heterocycles. The Morgan fingerprint density at radius 2 is 0.833 bits per heavy atom. The van der Waals surface area contributed by atoms with Crippen LogP contribution >= 0.6 is 15.9 Å². The Balaban J connectivity index is 1.15. The molecule has 0 spiro atoms. The minimum absolute atomic E-state index is 0.0560. The van der Waals surface area contributed by atoms with Crippen molar-refractivity contribution in [2.45, 2.75) is 136 Å². The summed E-state index contributed by atoms with van der Waals surface area (Å²) in [6.07, 6.45) is 16.8. The van der Waals surface area contributed by atoms with E-state index in [2.05, 4.69) is 36.7 Å². The number of carbonyl (C=O) groups is 2. The molecular weight excluding hydrogens is 588 g/mol. The number of esters is 2. The fraction of sp³-hybridized carbons (Fsp3) is 0.784. The topological polar surface area (TPSA) is 52.6 Å². The molecule has 0 N–H and O–H groups in total. The maximum atomic E-state index is 13.9. The van der Waals surface area contributed by atoms with Gasteiger partial charge in [0, 0.05) is 5.33 Å². The summed E-state index contributed by atoms with van der Waals surface area (Å²) >= 11 is 3.82. The Labute approximate surface area is 261 Å². The first-order valence-electron chi connectivity index (χ1n) is 17.4. The lowest BCUT2D eigenvalue weighted by molar-refractivity contribution is -0.173. The molecule has 0 saturated heterocycles. The molecule has 5 heteroatoms. The van der Waals surface area contributed by atoms with Crippen LogP contribution in [0.4, 0.5) is 0 Å². The second-order valence-corrected chi connectivity index (χ2v) is 16.2. The first kappa shape index (κ1) is 29.4. The Kier molecular flexibility index (Phi) is 7.84. The number of hydrogen-bond acceptors (Lipinski definition) is 4. The van der Waals surface area contributed by atoms with E-state index in [1.807, 2.05) is 0 Å². The molecule has 8 bridgehead atoms. The van der Waals surface area contributed by atoms with Crippen molar-refractivity contribution in [3.63, 3.8) is 0 Å². The first-order valence-corrected chi connectivity index (χ1v) is 18.5. The minimum Gasteiger partial charge on any atom is -0.460 e. The van der Waals surface area contributed by atoms with Gasteiger partial charge in [0.25, 0.3) is 0 Å². The molecule has 9 rings (SSSR count). The molecule has 0 radical (unpaired) electrons. The molecule has 8 saturated carbocycles.